The van der Waals surface area contributed by atoms with E-state index in [2.05, 4.69) is 18.5 Å². The third-order valence-corrected chi connectivity index (χ3v) is 3.55. The summed E-state index contributed by atoms with van der Waals surface area (Å²) in [4.78, 5) is 13.0. The lowest BCUT2D eigenvalue weighted by molar-refractivity contribution is -0.120. The van der Waals surface area contributed by atoms with Gasteiger partial charge in [-0.3, -0.25) is 4.79 Å². The first-order chi connectivity index (χ1) is 11.3. The number of nitrogens with one attached hydrogen (secondary N) is 1. The molecule has 1 saturated heterocycles. The number of carbonyl (C=O) groups excluding carboxylic acids is 1. The first-order valence-electron chi connectivity index (χ1n) is 9.37. The van der Waals surface area contributed by atoms with Gasteiger partial charge in [0, 0.05) is 17.5 Å². The molecule has 0 aromatic heterocycles. The highest BCUT2D eigenvalue weighted by molar-refractivity contribution is 5.77. The van der Waals surface area contributed by atoms with Crippen molar-refractivity contribution in [1.82, 2.24) is 10.2 Å². The lowest BCUT2D eigenvalue weighted by atomic mass is 10.1. The molecule has 4 nitrogen and oxygen atoms in total. The molecule has 1 fully saturated rings. The third-order valence-electron chi connectivity index (χ3n) is 3.55. The number of amides is 1. The second kappa shape index (κ2) is 10.3. The first kappa shape index (κ1) is 13.2. The second-order valence-electron chi connectivity index (χ2n) is 5.55. The number of likely N-dealkylation sites (N-methyl/N-ethyl adjacent to an activating group) is 1. The average molecular weight is 297 g/mol. The monoisotopic (exact) mass is 297 g/mol. The van der Waals surface area contributed by atoms with Crippen LogP contribution in [0, 0.1) is 0 Å². The van der Waals surface area contributed by atoms with Gasteiger partial charge in [-0.2, -0.15) is 0 Å². The van der Waals surface area contributed by atoms with E-state index in [1.165, 1.54) is 19.3 Å². The fourth-order valence-electron chi connectivity index (χ4n) is 2.27. The van der Waals surface area contributed by atoms with Crippen molar-refractivity contribution in [2.45, 2.75) is 57.8 Å². The Bertz CT molecular complexity index is 436. The fourth-order valence-corrected chi connectivity index (χ4v) is 2.27. The fraction of sp³-hybridized carbons (Fsp3) is 0.706. The van der Waals surface area contributed by atoms with E-state index >= 15 is 0 Å². The molecule has 0 saturated carbocycles. The number of hydrogen-bond donors (Lipinski definition) is 1. The quantitative estimate of drug-likeness (QED) is 0.743. The maximum absolute atomic E-state index is 12.0. The van der Waals surface area contributed by atoms with Crippen LogP contribution in [-0.4, -0.2) is 30.9 Å². The van der Waals surface area contributed by atoms with Crippen LogP contribution < -0.4 is 5.32 Å². The van der Waals surface area contributed by atoms with Crippen LogP contribution in [0.5, 0.6) is 0 Å². The van der Waals surface area contributed by atoms with Crippen molar-refractivity contribution in [3.05, 3.63) is 24.7 Å². The Kier molecular flexibility index (Phi) is 6.49. The number of ether oxygens (including phenoxy) is 1. The van der Waals surface area contributed by atoms with Crippen molar-refractivity contribution >= 4 is 5.91 Å². The van der Waals surface area contributed by atoms with Gasteiger partial charge < -0.3 is 15.0 Å². The molecule has 0 bridgehead atoms. The molecule has 1 N–H and O–H groups in total. The highest BCUT2D eigenvalue weighted by atomic mass is 16.5. The Morgan fingerprint density at radius 1 is 1.10 bits per heavy atom. The maximum atomic E-state index is 12.0. The molecule has 0 aromatic rings. The number of carbonyl (C=O) groups is 1. The van der Waals surface area contributed by atoms with E-state index in [4.69, 9.17) is 8.85 Å². The zero-order chi connectivity index (χ0) is 18.0. The van der Waals surface area contributed by atoms with Gasteiger partial charge in [0.2, 0.25) is 5.91 Å². The van der Waals surface area contributed by atoms with Gasteiger partial charge in [0.05, 0.1) is 13.2 Å². The molecule has 0 radical (unpaired) electrons. The molecule has 0 aromatic carbocycles. The average Bonchev–Trinajstić information content (AvgIpc) is 2.48. The minimum atomic E-state index is -2.42. The number of hydrogen-bond acceptors (Lipinski definition) is 3. The second-order valence-corrected chi connectivity index (χ2v) is 5.55. The van der Waals surface area contributed by atoms with Crippen LogP contribution in [0.15, 0.2) is 24.7 Å². The van der Waals surface area contributed by atoms with Crippen LogP contribution in [0.4, 0.5) is 0 Å². The Morgan fingerprint density at radius 3 is 2.38 bits per heavy atom. The molecular formula is C17H30N2O2. The summed E-state index contributed by atoms with van der Waals surface area (Å²) in [5, 5.41) is 2.59. The van der Waals surface area contributed by atoms with Gasteiger partial charge in [0.1, 0.15) is 11.6 Å². The van der Waals surface area contributed by atoms with E-state index in [1.807, 2.05) is 0 Å². The van der Waals surface area contributed by atoms with Gasteiger partial charge in [-0.05, 0) is 12.8 Å². The van der Waals surface area contributed by atoms with Gasteiger partial charge in [-0.25, -0.2) is 0 Å². The number of nitrogens with zero attached hydrogens (tertiary/aromatic N) is 1. The summed E-state index contributed by atoms with van der Waals surface area (Å²) in [6, 6.07) is 0. The van der Waals surface area contributed by atoms with Crippen LogP contribution in [0.3, 0.4) is 0 Å². The van der Waals surface area contributed by atoms with Gasteiger partial charge >= 0.3 is 0 Å². The predicted octanol–water partition coefficient (Wildman–Crippen LogP) is 3.56. The van der Waals surface area contributed by atoms with Crippen molar-refractivity contribution in [3.63, 3.8) is 0 Å². The van der Waals surface area contributed by atoms with E-state index in [-0.39, 0.29) is 18.3 Å². The van der Waals surface area contributed by atoms with Crippen molar-refractivity contribution in [2.75, 3.05) is 20.1 Å². The smallest absolute Gasteiger partial charge is 0.225 e. The Balaban J connectivity index is 2.69. The standard InChI is InChI=1S/C17H30N2O2/c1-15-14-19(3)16(2)18-17(20)12-10-8-6-4-5-7-9-11-13-21-15/h1-2,4-14H2,3H3,(H,18,20)/i3D3. The first-order valence-corrected chi connectivity index (χ1v) is 7.87. The lowest BCUT2D eigenvalue weighted by Crippen LogP contribution is -2.33. The molecule has 1 heterocycles. The summed E-state index contributed by atoms with van der Waals surface area (Å²) in [5.41, 5.74) is 0. The van der Waals surface area contributed by atoms with Crippen LogP contribution in [0.1, 0.15) is 61.9 Å². The Labute approximate surface area is 133 Å². The SMILES string of the molecule is [2H]C([2H])([2H])N1CC(=C)OCCCCCCCCCCC(=O)NC1=C. The largest absolute Gasteiger partial charge is 0.497 e. The summed E-state index contributed by atoms with van der Waals surface area (Å²) < 4.78 is 28.4. The van der Waals surface area contributed by atoms with E-state index in [1.54, 1.807) is 0 Å². The van der Waals surface area contributed by atoms with Crippen molar-refractivity contribution < 1.29 is 13.6 Å². The zero-order valence-corrected chi connectivity index (χ0v) is 13.0. The molecule has 0 aliphatic carbocycles. The van der Waals surface area contributed by atoms with E-state index in [0.717, 1.165) is 37.0 Å². The zero-order valence-electron chi connectivity index (χ0n) is 16.0. The van der Waals surface area contributed by atoms with Gasteiger partial charge in [-0.15, -0.1) is 0 Å². The highest BCUT2D eigenvalue weighted by Crippen LogP contribution is 2.11. The highest BCUT2D eigenvalue weighted by Gasteiger charge is 2.09. The van der Waals surface area contributed by atoms with Crippen molar-refractivity contribution in [1.29, 1.82) is 0 Å². The molecule has 1 aliphatic heterocycles. The van der Waals surface area contributed by atoms with Crippen molar-refractivity contribution in [3.8, 4) is 0 Å². The van der Waals surface area contributed by atoms with E-state index < -0.39 is 6.98 Å². The molecule has 120 valence electrons. The van der Waals surface area contributed by atoms with Crippen LogP contribution in [0.2, 0.25) is 0 Å². The molecule has 1 rings (SSSR count). The molecular weight excluding hydrogens is 264 g/mol. The van der Waals surface area contributed by atoms with Gasteiger partial charge in [0.15, 0.2) is 0 Å². The topological polar surface area (TPSA) is 41.6 Å². The maximum Gasteiger partial charge on any atom is 0.225 e. The minimum absolute atomic E-state index is 0.0182. The minimum Gasteiger partial charge on any atom is -0.497 e. The summed E-state index contributed by atoms with van der Waals surface area (Å²) >= 11 is 0. The Morgan fingerprint density at radius 2 is 1.71 bits per heavy atom. The molecule has 0 atom stereocenters. The molecule has 0 spiro atoms. The van der Waals surface area contributed by atoms with Crippen LogP contribution in [0.25, 0.3) is 0 Å². The van der Waals surface area contributed by atoms with Crippen molar-refractivity contribution in [2.24, 2.45) is 0 Å². The van der Waals surface area contributed by atoms with E-state index in [9.17, 15) is 4.79 Å². The van der Waals surface area contributed by atoms with Crippen LogP contribution >= 0.6 is 0 Å². The predicted molar refractivity (Wildman–Crippen MR) is 86.6 cm³/mol. The molecule has 1 aliphatic rings. The lowest BCUT2D eigenvalue weighted by Gasteiger charge is -2.23. The Hall–Kier alpha value is -1.45. The molecule has 1 amide bonds. The van der Waals surface area contributed by atoms with Gasteiger partial charge in [0.25, 0.3) is 0 Å². The molecule has 4 heteroatoms. The summed E-state index contributed by atoms with van der Waals surface area (Å²) in [6.07, 6.45) is 8.94. The molecule has 0 unspecified atom stereocenters. The van der Waals surface area contributed by atoms with E-state index in [0.29, 0.717) is 18.8 Å². The van der Waals surface area contributed by atoms with Gasteiger partial charge in [-0.1, -0.05) is 51.7 Å². The third kappa shape index (κ3) is 8.43. The molecule has 21 heavy (non-hydrogen) atoms. The number of rotatable bonds is 0. The summed E-state index contributed by atoms with van der Waals surface area (Å²) in [5.74, 6) is 0.227. The summed E-state index contributed by atoms with van der Waals surface area (Å²) in [7, 11) is 0. The summed E-state index contributed by atoms with van der Waals surface area (Å²) in [6.45, 7) is 5.58. The normalized spacial score (nSPS) is 24.1. The van der Waals surface area contributed by atoms with Crippen LogP contribution in [-0.2, 0) is 9.53 Å².